The Bertz CT molecular complexity index is 683. The predicted molar refractivity (Wildman–Crippen MR) is 68.1 cm³/mol. The van der Waals surface area contributed by atoms with E-state index in [0.29, 0.717) is 17.0 Å². The zero-order chi connectivity index (χ0) is 11.8. The predicted octanol–water partition coefficient (Wildman–Crippen LogP) is 3.75. The molecule has 1 N–H and O–H groups in total. The zero-order valence-electron chi connectivity index (χ0n) is 8.74. The van der Waals surface area contributed by atoms with E-state index in [-0.39, 0.29) is 5.78 Å². The van der Waals surface area contributed by atoms with Gasteiger partial charge in [0.05, 0.1) is 5.69 Å². The molecular weight excluding hydrogens is 282 g/mol. The molecule has 0 fully saturated rings. The van der Waals surface area contributed by atoms with Gasteiger partial charge in [0.15, 0.2) is 5.76 Å². The lowest BCUT2D eigenvalue weighted by Gasteiger charge is -1.91. The maximum Gasteiger partial charge on any atom is 0.244 e. The minimum Gasteiger partial charge on any atom is -0.453 e. The van der Waals surface area contributed by atoms with Crippen LogP contribution in [-0.2, 0) is 0 Å². The fraction of sp³-hybridized carbons (Fsp3) is 0. The number of fused-ring (bicyclic) bond motifs is 1. The Balaban J connectivity index is 2.09. The van der Waals surface area contributed by atoms with Crippen LogP contribution in [0.1, 0.15) is 16.2 Å². The molecule has 0 aliphatic carbocycles. The third-order valence-electron chi connectivity index (χ3n) is 2.54. The Kier molecular flexibility index (Phi) is 2.37. The molecule has 3 aromatic rings. The second-order valence-corrected chi connectivity index (χ2v) is 4.62. The number of benzene rings is 1. The van der Waals surface area contributed by atoms with Gasteiger partial charge in [-0.05, 0) is 36.4 Å². The first kappa shape index (κ1) is 10.4. The van der Waals surface area contributed by atoms with E-state index in [0.717, 1.165) is 9.86 Å². The molecule has 2 heterocycles. The Hall–Kier alpha value is -1.81. The van der Waals surface area contributed by atoms with Crippen molar-refractivity contribution in [2.24, 2.45) is 0 Å². The molecule has 2 aromatic heterocycles. The fourth-order valence-corrected chi connectivity index (χ4v) is 2.11. The van der Waals surface area contributed by atoms with Crippen molar-refractivity contribution in [1.29, 1.82) is 0 Å². The van der Waals surface area contributed by atoms with E-state index in [9.17, 15) is 4.79 Å². The van der Waals surface area contributed by atoms with Crippen LogP contribution >= 0.6 is 15.9 Å². The van der Waals surface area contributed by atoms with Crippen LogP contribution in [0.3, 0.4) is 0 Å². The highest BCUT2D eigenvalue weighted by Gasteiger charge is 2.15. The third-order valence-corrected chi connectivity index (χ3v) is 3.04. The number of carbonyl (C=O) groups excluding carboxylic acids is 1. The molecule has 17 heavy (non-hydrogen) atoms. The molecule has 4 heteroatoms. The molecule has 0 atom stereocenters. The maximum absolute atomic E-state index is 12.0. The summed E-state index contributed by atoms with van der Waals surface area (Å²) in [6.45, 7) is 0. The van der Waals surface area contributed by atoms with Crippen LogP contribution in [0.5, 0.6) is 0 Å². The lowest BCUT2D eigenvalue weighted by atomic mass is 10.2. The largest absolute Gasteiger partial charge is 0.453 e. The van der Waals surface area contributed by atoms with Gasteiger partial charge >= 0.3 is 0 Å². The second kappa shape index (κ2) is 3.89. The van der Waals surface area contributed by atoms with Crippen LogP contribution in [0.25, 0.3) is 11.0 Å². The third kappa shape index (κ3) is 1.80. The standard InChI is InChI=1S/C13H8BrNO2/c14-9-3-4-11-8(6-9)7-12(17-11)13(16)10-2-1-5-15-10/h1-7,15H. The molecule has 0 spiro atoms. The first-order valence-corrected chi connectivity index (χ1v) is 5.90. The molecule has 3 nitrogen and oxygen atoms in total. The molecule has 1 aromatic carbocycles. The average Bonchev–Trinajstić information content (AvgIpc) is 2.96. The highest BCUT2D eigenvalue weighted by Crippen LogP contribution is 2.24. The first-order valence-electron chi connectivity index (χ1n) is 5.11. The smallest absolute Gasteiger partial charge is 0.244 e. The Morgan fingerprint density at radius 2 is 2.12 bits per heavy atom. The van der Waals surface area contributed by atoms with Gasteiger partial charge in [-0.2, -0.15) is 0 Å². The molecule has 84 valence electrons. The lowest BCUT2D eigenvalue weighted by Crippen LogP contribution is -1.98. The van der Waals surface area contributed by atoms with Gasteiger partial charge in [-0.15, -0.1) is 0 Å². The number of aromatic amines is 1. The molecular formula is C13H8BrNO2. The molecule has 0 saturated heterocycles. The summed E-state index contributed by atoms with van der Waals surface area (Å²) >= 11 is 3.38. The average molecular weight is 290 g/mol. The van der Waals surface area contributed by atoms with E-state index in [4.69, 9.17) is 4.42 Å². The van der Waals surface area contributed by atoms with Gasteiger partial charge in [0, 0.05) is 16.1 Å². The summed E-state index contributed by atoms with van der Waals surface area (Å²) in [5, 5.41) is 0.911. The topological polar surface area (TPSA) is 46.0 Å². The van der Waals surface area contributed by atoms with Crippen LogP contribution < -0.4 is 0 Å². The summed E-state index contributed by atoms with van der Waals surface area (Å²) in [5.41, 5.74) is 1.24. The molecule has 0 aliphatic heterocycles. The summed E-state index contributed by atoms with van der Waals surface area (Å²) < 4.78 is 6.48. The number of H-pyrrole nitrogens is 1. The van der Waals surface area contributed by atoms with Crippen LogP contribution in [0.4, 0.5) is 0 Å². The lowest BCUT2D eigenvalue weighted by molar-refractivity contribution is 0.101. The van der Waals surface area contributed by atoms with E-state index in [1.165, 1.54) is 0 Å². The summed E-state index contributed by atoms with van der Waals surface area (Å²) in [5.74, 6) is 0.211. The van der Waals surface area contributed by atoms with E-state index in [2.05, 4.69) is 20.9 Å². The van der Waals surface area contributed by atoms with Gasteiger partial charge in [-0.1, -0.05) is 15.9 Å². The van der Waals surface area contributed by atoms with E-state index in [1.807, 2.05) is 18.2 Å². The number of carbonyl (C=O) groups is 1. The summed E-state index contributed by atoms with van der Waals surface area (Å²) in [4.78, 5) is 14.9. The van der Waals surface area contributed by atoms with Crippen LogP contribution in [0.2, 0.25) is 0 Å². The van der Waals surface area contributed by atoms with Gasteiger partial charge in [0.1, 0.15) is 5.58 Å². The highest BCUT2D eigenvalue weighted by molar-refractivity contribution is 9.10. The number of ketones is 1. The number of rotatable bonds is 2. The van der Waals surface area contributed by atoms with Crippen molar-refractivity contribution >= 4 is 32.7 Å². The Labute approximate surface area is 106 Å². The van der Waals surface area contributed by atoms with Crippen molar-refractivity contribution in [3.63, 3.8) is 0 Å². The van der Waals surface area contributed by atoms with Gasteiger partial charge in [-0.25, -0.2) is 0 Å². The van der Waals surface area contributed by atoms with Crippen molar-refractivity contribution in [2.75, 3.05) is 0 Å². The zero-order valence-corrected chi connectivity index (χ0v) is 10.3. The Morgan fingerprint density at radius 1 is 1.24 bits per heavy atom. The van der Waals surface area contributed by atoms with Crippen molar-refractivity contribution in [3.05, 3.63) is 58.5 Å². The molecule has 0 unspecified atom stereocenters. The first-order chi connectivity index (χ1) is 8.24. The Morgan fingerprint density at radius 3 is 2.88 bits per heavy atom. The van der Waals surface area contributed by atoms with Crippen LogP contribution in [0, 0.1) is 0 Å². The van der Waals surface area contributed by atoms with Crippen molar-refractivity contribution < 1.29 is 9.21 Å². The van der Waals surface area contributed by atoms with E-state index < -0.39 is 0 Å². The van der Waals surface area contributed by atoms with Crippen LogP contribution in [-0.4, -0.2) is 10.8 Å². The van der Waals surface area contributed by atoms with Gasteiger partial charge in [0.2, 0.25) is 5.78 Å². The monoisotopic (exact) mass is 289 g/mol. The normalized spacial score (nSPS) is 10.9. The minimum absolute atomic E-state index is 0.137. The highest BCUT2D eigenvalue weighted by atomic mass is 79.9. The summed E-state index contributed by atoms with van der Waals surface area (Å²) in [7, 11) is 0. The van der Waals surface area contributed by atoms with Gasteiger partial charge < -0.3 is 9.40 Å². The number of hydrogen-bond donors (Lipinski definition) is 1. The van der Waals surface area contributed by atoms with Crippen molar-refractivity contribution in [3.8, 4) is 0 Å². The van der Waals surface area contributed by atoms with Gasteiger partial charge in [-0.3, -0.25) is 4.79 Å². The number of nitrogens with one attached hydrogen (secondary N) is 1. The number of furan rings is 1. The number of hydrogen-bond acceptors (Lipinski definition) is 2. The number of halogens is 1. The van der Waals surface area contributed by atoms with Crippen molar-refractivity contribution in [1.82, 2.24) is 4.98 Å². The molecule has 0 bridgehead atoms. The van der Waals surface area contributed by atoms with E-state index in [1.54, 1.807) is 24.4 Å². The molecule has 3 rings (SSSR count). The molecule has 0 saturated carbocycles. The SMILES string of the molecule is O=C(c1ccc[nH]1)c1cc2cc(Br)ccc2o1. The second-order valence-electron chi connectivity index (χ2n) is 3.71. The minimum atomic E-state index is -0.137. The van der Waals surface area contributed by atoms with Gasteiger partial charge in [0.25, 0.3) is 0 Å². The summed E-state index contributed by atoms with van der Waals surface area (Å²) in [6, 6.07) is 10.9. The molecule has 0 aliphatic rings. The maximum atomic E-state index is 12.0. The quantitative estimate of drug-likeness (QED) is 0.730. The molecule has 0 amide bonds. The number of aromatic nitrogens is 1. The fourth-order valence-electron chi connectivity index (χ4n) is 1.73. The van der Waals surface area contributed by atoms with Crippen molar-refractivity contribution in [2.45, 2.75) is 0 Å². The van der Waals surface area contributed by atoms with Crippen LogP contribution in [0.15, 0.2) is 51.5 Å². The summed E-state index contributed by atoms with van der Waals surface area (Å²) in [6.07, 6.45) is 1.71. The van der Waals surface area contributed by atoms with E-state index >= 15 is 0 Å². The molecule has 0 radical (unpaired) electrons.